The average molecular weight is 168 g/mol. The van der Waals surface area contributed by atoms with Crippen LogP contribution in [0, 0.1) is 0 Å². The van der Waals surface area contributed by atoms with Crippen molar-refractivity contribution >= 4 is 30.1 Å². The molecule has 9 heavy (non-hydrogen) atoms. The Labute approximate surface area is 65.2 Å². The molecule has 1 heterocycles. The van der Waals surface area contributed by atoms with Crippen LogP contribution in [0.4, 0.5) is 0 Å². The van der Waals surface area contributed by atoms with Crippen molar-refractivity contribution in [2.75, 3.05) is 5.75 Å². The van der Waals surface area contributed by atoms with E-state index in [1.54, 1.807) is 11.8 Å². The Kier molecular flexibility index (Phi) is 4.06. The third kappa shape index (κ3) is 2.45. The van der Waals surface area contributed by atoms with Gasteiger partial charge in [0.05, 0.1) is 11.1 Å². The summed E-state index contributed by atoms with van der Waals surface area (Å²) in [6.45, 7) is 2.07. The summed E-state index contributed by atoms with van der Waals surface area (Å²) in [5.74, 6) is 0.834. The molecule has 0 aliphatic carbocycles. The first-order valence-corrected chi connectivity index (χ1v) is 3.78. The van der Waals surface area contributed by atoms with E-state index in [1.807, 2.05) is 0 Å². The lowest BCUT2D eigenvalue weighted by Crippen LogP contribution is -2.23. The Morgan fingerprint density at radius 1 is 1.89 bits per heavy atom. The monoisotopic (exact) mass is 167 g/mol. The van der Waals surface area contributed by atoms with E-state index in [9.17, 15) is 4.79 Å². The van der Waals surface area contributed by atoms with E-state index < -0.39 is 0 Å². The quantitative estimate of drug-likeness (QED) is 0.632. The van der Waals surface area contributed by atoms with Crippen LogP contribution < -0.4 is 5.32 Å². The minimum absolute atomic E-state index is 0. The molecule has 0 radical (unpaired) electrons. The van der Waals surface area contributed by atoms with Gasteiger partial charge in [-0.15, -0.1) is 24.2 Å². The second-order valence-corrected chi connectivity index (χ2v) is 2.97. The van der Waals surface area contributed by atoms with Crippen molar-refractivity contribution in [3.63, 3.8) is 0 Å². The lowest BCUT2D eigenvalue weighted by atomic mass is 10.5. The smallest absolute Gasteiger partial charge is 0.230 e. The molecule has 1 atom stereocenters. The van der Waals surface area contributed by atoms with Gasteiger partial charge in [0.1, 0.15) is 0 Å². The number of rotatable bonds is 1. The molecule has 54 valence electrons. The van der Waals surface area contributed by atoms with Crippen molar-refractivity contribution in [3.8, 4) is 0 Å². The third-order valence-electron chi connectivity index (χ3n) is 1.11. The van der Waals surface area contributed by atoms with Crippen LogP contribution in [0.5, 0.6) is 0 Å². The Morgan fingerprint density at radius 2 is 2.56 bits per heavy atom. The first kappa shape index (κ1) is 9.11. The molecule has 0 saturated carbocycles. The van der Waals surface area contributed by atoms with Crippen LogP contribution in [-0.4, -0.2) is 17.0 Å². The van der Waals surface area contributed by atoms with Crippen molar-refractivity contribution in [1.29, 1.82) is 0 Å². The van der Waals surface area contributed by atoms with E-state index in [-0.39, 0.29) is 18.3 Å². The number of nitrogens with one attached hydrogen (secondary N) is 1. The van der Waals surface area contributed by atoms with Gasteiger partial charge in [-0.1, -0.05) is 6.92 Å². The normalized spacial score (nSPS) is 25.0. The van der Waals surface area contributed by atoms with Crippen molar-refractivity contribution in [1.82, 2.24) is 5.32 Å². The highest BCUT2D eigenvalue weighted by Crippen LogP contribution is 2.16. The zero-order valence-corrected chi connectivity index (χ0v) is 6.85. The molecule has 0 spiro atoms. The van der Waals surface area contributed by atoms with E-state index in [1.165, 1.54) is 0 Å². The van der Waals surface area contributed by atoms with E-state index in [0.717, 1.165) is 6.42 Å². The lowest BCUT2D eigenvalue weighted by molar-refractivity contribution is -0.118. The summed E-state index contributed by atoms with van der Waals surface area (Å²) in [5.41, 5.74) is 0. The van der Waals surface area contributed by atoms with Crippen LogP contribution in [0.15, 0.2) is 0 Å². The zero-order valence-electron chi connectivity index (χ0n) is 5.22. The number of hydrogen-bond donors (Lipinski definition) is 1. The average Bonchev–Trinajstić information content (AvgIpc) is 2.14. The maximum absolute atomic E-state index is 10.5. The number of hydrogen-bond acceptors (Lipinski definition) is 2. The summed E-state index contributed by atoms with van der Waals surface area (Å²) in [5, 5.41) is 3.22. The summed E-state index contributed by atoms with van der Waals surface area (Å²) in [6, 6.07) is 0. The van der Waals surface area contributed by atoms with Crippen molar-refractivity contribution in [2.24, 2.45) is 0 Å². The van der Waals surface area contributed by atoms with E-state index in [2.05, 4.69) is 12.2 Å². The molecule has 0 aromatic rings. The van der Waals surface area contributed by atoms with Crippen LogP contribution in [0.1, 0.15) is 13.3 Å². The van der Waals surface area contributed by atoms with Crippen LogP contribution in [0.2, 0.25) is 0 Å². The molecule has 4 heteroatoms. The third-order valence-corrected chi connectivity index (χ3v) is 2.39. The Bertz CT molecular complexity index is 109. The molecule has 1 unspecified atom stereocenters. The fourth-order valence-corrected chi connectivity index (χ4v) is 1.55. The summed E-state index contributed by atoms with van der Waals surface area (Å²) < 4.78 is 0. The summed E-state index contributed by atoms with van der Waals surface area (Å²) >= 11 is 1.69. The molecule has 1 saturated heterocycles. The standard InChI is InChI=1S/C5H9NOS.ClH/c1-2-5-6-4(7)3-8-5;/h5H,2-3H2,1H3,(H,6,7);1H. The van der Waals surface area contributed by atoms with Gasteiger partial charge < -0.3 is 5.32 Å². The molecule has 0 bridgehead atoms. The topological polar surface area (TPSA) is 29.1 Å². The lowest BCUT2D eigenvalue weighted by Gasteiger charge is -2.01. The maximum atomic E-state index is 10.5. The first-order chi connectivity index (χ1) is 3.83. The molecular weight excluding hydrogens is 158 g/mol. The molecular formula is C5H10ClNOS. The van der Waals surface area contributed by atoms with Gasteiger partial charge >= 0.3 is 0 Å². The van der Waals surface area contributed by atoms with Gasteiger partial charge in [-0.05, 0) is 6.42 Å². The molecule has 0 aromatic heterocycles. The molecule has 1 N–H and O–H groups in total. The second-order valence-electron chi connectivity index (χ2n) is 1.78. The van der Waals surface area contributed by atoms with Gasteiger partial charge in [0.15, 0.2) is 0 Å². The minimum atomic E-state index is 0. The van der Waals surface area contributed by atoms with E-state index in [4.69, 9.17) is 0 Å². The van der Waals surface area contributed by atoms with Crippen molar-refractivity contribution < 1.29 is 4.79 Å². The number of thioether (sulfide) groups is 1. The largest absolute Gasteiger partial charge is 0.344 e. The van der Waals surface area contributed by atoms with Gasteiger partial charge in [0, 0.05) is 0 Å². The van der Waals surface area contributed by atoms with Gasteiger partial charge in [0.2, 0.25) is 5.91 Å². The van der Waals surface area contributed by atoms with E-state index >= 15 is 0 Å². The van der Waals surface area contributed by atoms with E-state index in [0.29, 0.717) is 11.1 Å². The molecule has 1 fully saturated rings. The molecule has 1 amide bonds. The molecule has 1 rings (SSSR count). The summed E-state index contributed by atoms with van der Waals surface area (Å²) in [4.78, 5) is 10.5. The summed E-state index contributed by atoms with van der Waals surface area (Å²) in [6.07, 6.45) is 1.04. The Balaban J connectivity index is 0.000000640. The second kappa shape index (κ2) is 4.01. The maximum Gasteiger partial charge on any atom is 0.230 e. The highest BCUT2D eigenvalue weighted by Gasteiger charge is 2.18. The van der Waals surface area contributed by atoms with Crippen LogP contribution >= 0.6 is 24.2 Å². The zero-order chi connectivity index (χ0) is 5.98. The molecule has 2 nitrogen and oxygen atoms in total. The summed E-state index contributed by atoms with van der Waals surface area (Å²) in [7, 11) is 0. The number of halogens is 1. The fraction of sp³-hybridized carbons (Fsp3) is 0.800. The number of amides is 1. The Morgan fingerprint density at radius 3 is 2.78 bits per heavy atom. The molecule has 1 aliphatic heterocycles. The minimum Gasteiger partial charge on any atom is -0.344 e. The first-order valence-electron chi connectivity index (χ1n) is 2.74. The fourth-order valence-electron chi connectivity index (χ4n) is 0.659. The van der Waals surface area contributed by atoms with Gasteiger partial charge in [-0.25, -0.2) is 0 Å². The van der Waals surface area contributed by atoms with Gasteiger partial charge in [-0.3, -0.25) is 4.79 Å². The number of carbonyl (C=O) groups excluding carboxylic acids is 1. The predicted octanol–water partition coefficient (Wildman–Crippen LogP) is 1.01. The van der Waals surface area contributed by atoms with Crippen LogP contribution in [0.25, 0.3) is 0 Å². The highest BCUT2D eigenvalue weighted by molar-refractivity contribution is 8.01. The van der Waals surface area contributed by atoms with Crippen molar-refractivity contribution in [3.05, 3.63) is 0 Å². The van der Waals surface area contributed by atoms with Gasteiger partial charge in [0.25, 0.3) is 0 Å². The number of carbonyl (C=O) groups is 1. The van der Waals surface area contributed by atoms with Gasteiger partial charge in [-0.2, -0.15) is 0 Å². The highest BCUT2D eigenvalue weighted by atomic mass is 35.5. The van der Waals surface area contributed by atoms with Crippen LogP contribution in [0.3, 0.4) is 0 Å². The molecule has 1 aliphatic rings. The SMILES string of the molecule is CCC1NC(=O)CS1.Cl. The van der Waals surface area contributed by atoms with Crippen molar-refractivity contribution in [2.45, 2.75) is 18.7 Å². The van der Waals surface area contributed by atoms with Crippen LogP contribution in [-0.2, 0) is 4.79 Å². The molecule has 0 aromatic carbocycles. The Hall–Kier alpha value is 0.110. The predicted molar refractivity (Wildman–Crippen MR) is 41.9 cm³/mol.